The molecule has 0 saturated carbocycles. The number of nitrogens with zero attached hydrogens (tertiary/aromatic N) is 2. The van der Waals surface area contributed by atoms with Crippen LogP contribution in [0.25, 0.3) is 5.69 Å². The first-order chi connectivity index (χ1) is 10.9. The lowest BCUT2D eigenvalue weighted by atomic mass is 10.1. The maximum Gasteiger partial charge on any atom is 0.272 e. The Morgan fingerprint density at radius 2 is 2.13 bits per heavy atom. The third-order valence-electron chi connectivity index (χ3n) is 3.93. The molecule has 1 heterocycles. The largest absolute Gasteiger partial charge is 0.349 e. The average molecular weight is 316 g/mol. The monoisotopic (exact) mass is 316 g/mol. The fourth-order valence-corrected chi connectivity index (χ4v) is 2.83. The van der Waals surface area contributed by atoms with Crippen LogP contribution < -0.4 is 11.1 Å². The van der Waals surface area contributed by atoms with E-state index in [-0.39, 0.29) is 11.7 Å². The molecule has 122 valence electrons. The summed E-state index contributed by atoms with van der Waals surface area (Å²) in [6, 6.07) is 6.47. The summed E-state index contributed by atoms with van der Waals surface area (Å²) in [6.07, 6.45) is 2.54. The van der Waals surface area contributed by atoms with Crippen LogP contribution >= 0.6 is 0 Å². The molecule has 0 unspecified atom stereocenters. The number of nitrogens with one attached hydrogen (secondary N) is 1. The van der Waals surface area contributed by atoms with Crippen LogP contribution in [0.5, 0.6) is 0 Å². The Bertz CT molecular complexity index is 746. The molecule has 1 aliphatic carbocycles. The molecular formula is C17H21FN4O. The maximum atomic E-state index is 14.1. The third kappa shape index (κ3) is 3.12. The van der Waals surface area contributed by atoms with E-state index in [0.717, 1.165) is 30.5 Å². The average Bonchev–Trinajstić information content (AvgIpc) is 3.07. The summed E-state index contributed by atoms with van der Waals surface area (Å²) in [4.78, 5) is 12.4. The molecule has 1 amide bonds. The Labute approximate surface area is 134 Å². The van der Waals surface area contributed by atoms with Gasteiger partial charge in [-0.05, 0) is 45.2 Å². The Hall–Kier alpha value is -2.21. The predicted octanol–water partition coefficient (Wildman–Crippen LogP) is 1.97. The summed E-state index contributed by atoms with van der Waals surface area (Å²) < 4.78 is 15.7. The maximum absolute atomic E-state index is 14.1. The minimum Gasteiger partial charge on any atom is -0.349 e. The van der Waals surface area contributed by atoms with Crippen LogP contribution in [0.1, 0.15) is 42.0 Å². The summed E-state index contributed by atoms with van der Waals surface area (Å²) >= 11 is 0. The number of fused-ring (bicyclic) bond motifs is 1. The molecule has 1 aliphatic rings. The van der Waals surface area contributed by atoms with E-state index in [2.05, 4.69) is 10.4 Å². The SMILES string of the molecule is CC(C)(N)CNC(=O)c1nn(-c2ccccc2F)c2c1CCC2. The van der Waals surface area contributed by atoms with Crippen molar-refractivity contribution in [1.82, 2.24) is 15.1 Å². The van der Waals surface area contributed by atoms with Gasteiger partial charge in [0.05, 0.1) is 0 Å². The molecule has 2 aromatic rings. The molecule has 6 heteroatoms. The van der Waals surface area contributed by atoms with Gasteiger partial charge in [-0.1, -0.05) is 12.1 Å². The Kier molecular flexibility index (Phi) is 3.93. The van der Waals surface area contributed by atoms with E-state index in [1.54, 1.807) is 22.9 Å². The van der Waals surface area contributed by atoms with Crippen molar-refractivity contribution in [3.63, 3.8) is 0 Å². The van der Waals surface area contributed by atoms with Crippen molar-refractivity contribution in [3.8, 4) is 5.69 Å². The number of rotatable bonds is 4. The molecule has 0 fully saturated rings. The van der Waals surface area contributed by atoms with E-state index in [4.69, 9.17) is 5.73 Å². The highest BCUT2D eigenvalue weighted by atomic mass is 19.1. The van der Waals surface area contributed by atoms with Gasteiger partial charge in [-0.15, -0.1) is 0 Å². The fraction of sp³-hybridized carbons (Fsp3) is 0.412. The zero-order valence-electron chi connectivity index (χ0n) is 13.4. The van der Waals surface area contributed by atoms with Crippen LogP contribution in [-0.4, -0.2) is 27.8 Å². The van der Waals surface area contributed by atoms with Gasteiger partial charge >= 0.3 is 0 Å². The molecule has 5 nitrogen and oxygen atoms in total. The molecule has 3 N–H and O–H groups in total. The van der Waals surface area contributed by atoms with Crippen LogP contribution in [0.2, 0.25) is 0 Å². The quantitative estimate of drug-likeness (QED) is 0.906. The number of carbonyl (C=O) groups is 1. The number of para-hydroxylation sites is 1. The van der Waals surface area contributed by atoms with Gasteiger partial charge in [0.2, 0.25) is 0 Å². The van der Waals surface area contributed by atoms with E-state index in [0.29, 0.717) is 17.9 Å². The molecule has 3 rings (SSSR count). The van der Waals surface area contributed by atoms with E-state index < -0.39 is 5.54 Å². The van der Waals surface area contributed by atoms with Crippen molar-refractivity contribution in [2.75, 3.05) is 6.54 Å². The van der Waals surface area contributed by atoms with Crippen molar-refractivity contribution in [1.29, 1.82) is 0 Å². The molecule has 0 bridgehead atoms. The van der Waals surface area contributed by atoms with Crippen LogP contribution in [-0.2, 0) is 12.8 Å². The topological polar surface area (TPSA) is 72.9 Å². The highest BCUT2D eigenvalue weighted by Crippen LogP contribution is 2.28. The summed E-state index contributed by atoms with van der Waals surface area (Å²) in [5.41, 5.74) is 8.01. The second-order valence-electron chi connectivity index (χ2n) is 6.66. The van der Waals surface area contributed by atoms with Crippen molar-refractivity contribution < 1.29 is 9.18 Å². The summed E-state index contributed by atoms with van der Waals surface area (Å²) in [6.45, 7) is 4.04. The predicted molar refractivity (Wildman–Crippen MR) is 86.1 cm³/mol. The molecule has 23 heavy (non-hydrogen) atoms. The first-order valence-electron chi connectivity index (χ1n) is 7.79. The summed E-state index contributed by atoms with van der Waals surface area (Å²) in [5, 5.41) is 7.20. The number of aromatic nitrogens is 2. The number of halogens is 1. The molecule has 0 aliphatic heterocycles. The minimum absolute atomic E-state index is 0.253. The van der Waals surface area contributed by atoms with Gasteiger partial charge in [0.25, 0.3) is 5.91 Å². The van der Waals surface area contributed by atoms with Gasteiger partial charge in [-0.25, -0.2) is 9.07 Å². The fourth-order valence-electron chi connectivity index (χ4n) is 2.83. The highest BCUT2D eigenvalue weighted by Gasteiger charge is 2.28. The standard InChI is InChI=1S/C17H21FN4O/c1-17(2,19)10-20-16(23)15-11-6-5-9-13(11)22(21-15)14-8-4-3-7-12(14)18/h3-4,7-8H,5-6,9-10,19H2,1-2H3,(H,20,23). The van der Waals surface area contributed by atoms with Gasteiger partial charge < -0.3 is 11.1 Å². The van der Waals surface area contributed by atoms with Crippen LogP contribution in [0.4, 0.5) is 4.39 Å². The van der Waals surface area contributed by atoms with Crippen molar-refractivity contribution >= 4 is 5.91 Å². The Morgan fingerprint density at radius 1 is 1.39 bits per heavy atom. The Morgan fingerprint density at radius 3 is 2.83 bits per heavy atom. The second kappa shape index (κ2) is 5.77. The normalized spacial score (nSPS) is 13.9. The minimum atomic E-state index is -0.493. The molecule has 0 spiro atoms. The number of benzene rings is 1. The van der Waals surface area contributed by atoms with Gasteiger partial charge in [0, 0.05) is 23.3 Å². The van der Waals surface area contributed by atoms with Crippen molar-refractivity contribution in [2.45, 2.75) is 38.6 Å². The molecule has 0 saturated heterocycles. The van der Waals surface area contributed by atoms with Gasteiger partial charge in [0.15, 0.2) is 5.69 Å². The van der Waals surface area contributed by atoms with Crippen molar-refractivity contribution in [3.05, 3.63) is 47.0 Å². The molecule has 0 atom stereocenters. The number of nitrogens with two attached hydrogens (primary N) is 1. The van der Waals surface area contributed by atoms with Crippen LogP contribution in [0.3, 0.4) is 0 Å². The van der Waals surface area contributed by atoms with Gasteiger partial charge in [-0.3, -0.25) is 4.79 Å². The molecule has 1 aromatic carbocycles. The number of amides is 1. The molecule has 0 radical (unpaired) electrons. The second-order valence-corrected chi connectivity index (χ2v) is 6.66. The number of carbonyl (C=O) groups excluding carboxylic acids is 1. The lowest BCUT2D eigenvalue weighted by Crippen LogP contribution is -2.45. The van der Waals surface area contributed by atoms with Gasteiger partial charge in [-0.2, -0.15) is 5.10 Å². The third-order valence-corrected chi connectivity index (χ3v) is 3.93. The Balaban J connectivity index is 1.96. The van der Waals surface area contributed by atoms with Gasteiger partial charge in [0.1, 0.15) is 11.5 Å². The lowest BCUT2D eigenvalue weighted by molar-refractivity contribution is 0.0939. The zero-order valence-corrected chi connectivity index (χ0v) is 13.4. The van der Waals surface area contributed by atoms with Crippen LogP contribution in [0, 0.1) is 5.82 Å². The van der Waals surface area contributed by atoms with E-state index in [9.17, 15) is 9.18 Å². The summed E-state index contributed by atoms with van der Waals surface area (Å²) in [7, 11) is 0. The summed E-state index contributed by atoms with van der Waals surface area (Å²) in [5.74, 6) is -0.600. The molecular weight excluding hydrogens is 295 g/mol. The number of hydrogen-bond acceptors (Lipinski definition) is 3. The first kappa shape index (κ1) is 15.7. The zero-order chi connectivity index (χ0) is 16.6. The van der Waals surface area contributed by atoms with E-state index >= 15 is 0 Å². The number of hydrogen-bond donors (Lipinski definition) is 2. The molecule has 1 aromatic heterocycles. The van der Waals surface area contributed by atoms with E-state index in [1.807, 2.05) is 13.8 Å². The lowest BCUT2D eigenvalue weighted by Gasteiger charge is -2.18. The highest BCUT2D eigenvalue weighted by molar-refractivity contribution is 5.94. The van der Waals surface area contributed by atoms with E-state index in [1.165, 1.54) is 6.07 Å². The first-order valence-corrected chi connectivity index (χ1v) is 7.79. The van der Waals surface area contributed by atoms with Crippen molar-refractivity contribution in [2.24, 2.45) is 5.73 Å². The van der Waals surface area contributed by atoms with Crippen LogP contribution in [0.15, 0.2) is 24.3 Å². The smallest absolute Gasteiger partial charge is 0.272 e.